The molecule has 0 aromatic heterocycles. The van der Waals surface area contributed by atoms with E-state index in [-0.39, 0.29) is 11.5 Å². The lowest BCUT2D eigenvalue weighted by Crippen LogP contribution is -2.28. The normalized spacial score (nSPS) is 27.8. The summed E-state index contributed by atoms with van der Waals surface area (Å²) >= 11 is 6.07. The summed E-state index contributed by atoms with van der Waals surface area (Å²) in [5.41, 5.74) is 0. The van der Waals surface area contributed by atoms with E-state index in [0.717, 1.165) is 25.9 Å². The highest BCUT2D eigenvalue weighted by Crippen LogP contribution is 2.18. The van der Waals surface area contributed by atoms with Crippen molar-refractivity contribution in [2.45, 2.75) is 50.5 Å². The Balaban J connectivity index is 2.27. The van der Waals surface area contributed by atoms with Crippen molar-refractivity contribution in [1.82, 2.24) is 0 Å². The van der Waals surface area contributed by atoms with Crippen LogP contribution in [-0.2, 0) is 4.74 Å². The maximum atomic E-state index is 6.07. The molecule has 1 heterocycles. The number of hydrogen-bond donors (Lipinski definition) is 0. The zero-order valence-corrected chi connectivity index (χ0v) is 8.94. The van der Waals surface area contributed by atoms with Gasteiger partial charge >= 0.3 is 0 Å². The average Bonchev–Trinajstić information content (AvgIpc) is 2.15. The number of alkyl halides is 1. The lowest BCUT2D eigenvalue weighted by Gasteiger charge is -2.22. The molecule has 0 bridgehead atoms. The summed E-state index contributed by atoms with van der Waals surface area (Å²) in [5, 5.41) is 0.0999. The minimum absolute atomic E-state index is 0.0210. The Morgan fingerprint density at radius 1 is 1.54 bits per heavy atom. The monoisotopic (exact) mass is 200 g/mol. The Morgan fingerprint density at radius 2 is 2.38 bits per heavy atom. The molecule has 0 saturated carbocycles. The van der Waals surface area contributed by atoms with Crippen LogP contribution in [0.2, 0.25) is 0 Å². The fraction of sp³-hybridized carbons (Fsp3) is 0.818. The van der Waals surface area contributed by atoms with E-state index in [9.17, 15) is 0 Å². The summed E-state index contributed by atoms with van der Waals surface area (Å²) < 4.78 is 5.46. The third-order valence-electron chi connectivity index (χ3n) is 2.15. The number of ether oxygens (including phenoxy) is 1. The lowest BCUT2D eigenvalue weighted by molar-refractivity contribution is 0.0557. The van der Waals surface area contributed by atoms with Crippen LogP contribution < -0.4 is 0 Å². The molecule has 1 nitrogen and oxygen atoms in total. The molecule has 0 amide bonds. The predicted molar refractivity (Wildman–Crippen MR) is 55.9 cm³/mol. The third kappa shape index (κ3) is 4.02. The number of hydrogen-bond acceptors (Lipinski definition) is 1. The van der Waals surface area contributed by atoms with Gasteiger partial charge in [-0.3, -0.25) is 0 Å². The molecule has 0 N–H and O–H groups in total. The molecule has 74 valence electrons. The molecule has 1 saturated heterocycles. The van der Waals surface area contributed by atoms with Gasteiger partial charge in [0.15, 0.2) is 0 Å². The summed E-state index contributed by atoms with van der Waals surface area (Å²) in [6, 6.07) is 0. The van der Waals surface area contributed by atoms with E-state index in [4.69, 9.17) is 16.3 Å². The smallest absolute Gasteiger partial charge is 0.134 e. The first-order chi connectivity index (χ1) is 6.34. The van der Waals surface area contributed by atoms with Gasteiger partial charge in [0.25, 0.3) is 0 Å². The zero-order valence-electron chi connectivity index (χ0n) is 8.18. The average molecular weight is 201 g/mol. The van der Waals surface area contributed by atoms with Crippen LogP contribution in [0.5, 0.6) is 0 Å². The zero-order chi connectivity index (χ0) is 9.52. The number of halogens is 1. The summed E-state index contributed by atoms with van der Waals surface area (Å²) in [5.74, 6) is 6.23. The standard InChI is InChI=1S/C11H17ClO/c1-2-3-4-5-8-11-10(12)7-6-9-13-11/h10-11H,2-4,6-7,9H2,1H3. The molecule has 1 rings (SSSR count). The summed E-state index contributed by atoms with van der Waals surface area (Å²) in [7, 11) is 0. The van der Waals surface area contributed by atoms with Gasteiger partial charge < -0.3 is 4.74 Å². The van der Waals surface area contributed by atoms with Crippen LogP contribution in [0.25, 0.3) is 0 Å². The molecular formula is C11H17ClO. The second-order valence-electron chi connectivity index (χ2n) is 3.37. The molecule has 0 radical (unpaired) electrons. The molecule has 1 aliphatic rings. The maximum Gasteiger partial charge on any atom is 0.134 e. The molecule has 0 spiro atoms. The first kappa shape index (κ1) is 10.9. The van der Waals surface area contributed by atoms with Gasteiger partial charge in [-0.05, 0) is 19.3 Å². The van der Waals surface area contributed by atoms with Gasteiger partial charge in [0.05, 0.1) is 5.38 Å². The van der Waals surface area contributed by atoms with E-state index >= 15 is 0 Å². The van der Waals surface area contributed by atoms with Crippen molar-refractivity contribution in [2.24, 2.45) is 0 Å². The van der Waals surface area contributed by atoms with E-state index < -0.39 is 0 Å². The first-order valence-electron chi connectivity index (χ1n) is 5.08. The molecular weight excluding hydrogens is 184 g/mol. The van der Waals surface area contributed by atoms with E-state index in [2.05, 4.69) is 18.8 Å². The largest absolute Gasteiger partial charge is 0.364 e. The summed E-state index contributed by atoms with van der Waals surface area (Å²) in [6.07, 6.45) is 5.43. The molecule has 0 aromatic carbocycles. The Labute approximate surface area is 85.8 Å². The summed E-state index contributed by atoms with van der Waals surface area (Å²) in [4.78, 5) is 0. The van der Waals surface area contributed by atoms with Gasteiger partial charge in [0, 0.05) is 13.0 Å². The molecule has 2 unspecified atom stereocenters. The molecule has 1 aliphatic heterocycles. The minimum Gasteiger partial charge on any atom is -0.364 e. The van der Waals surface area contributed by atoms with Crippen molar-refractivity contribution in [1.29, 1.82) is 0 Å². The molecule has 2 heteroatoms. The van der Waals surface area contributed by atoms with Crippen LogP contribution in [-0.4, -0.2) is 18.1 Å². The van der Waals surface area contributed by atoms with Gasteiger partial charge in [-0.25, -0.2) is 0 Å². The van der Waals surface area contributed by atoms with Crippen LogP contribution in [0, 0.1) is 11.8 Å². The predicted octanol–water partition coefficient (Wildman–Crippen LogP) is 2.97. The topological polar surface area (TPSA) is 9.23 Å². The van der Waals surface area contributed by atoms with Gasteiger partial charge in [-0.2, -0.15) is 0 Å². The summed E-state index contributed by atoms with van der Waals surface area (Å²) in [6.45, 7) is 2.99. The van der Waals surface area contributed by atoms with Crippen LogP contribution in [0.1, 0.15) is 39.0 Å². The highest BCUT2D eigenvalue weighted by Gasteiger charge is 2.21. The van der Waals surface area contributed by atoms with E-state index in [0.29, 0.717) is 0 Å². The lowest BCUT2D eigenvalue weighted by atomic mass is 10.1. The van der Waals surface area contributed by atoms with Crippen LogP contribution in [0.15, 0.2) is 0 Å². The molecule has 0 aromatic rings. The van der Waals surface area contributed by atoms with Crippen molar-refractivity contribution < 1.29 is 4.74 Å². The Morgan fingerprint density at radius 3 is 3.08 bits per heavy atom. The van der Waals surface area contributed by atoms with Crippen LogP contribution in [0.4, 0.5) is 0 Å². The molecule has 0 aliphatic carbocycles. The highest BCUT2D eigenvalue weighted by atomic mass is 35.5. The quantitative estimate of drug-likeness (QED) is 0.378. The molecule has 13 heavy (non-hydrogen) atoms. The van der Waals surface area contributed by atoms with Gasteiger partial charge in [0.1, 0.15) is 6.10 Å². The van der Waals surface area contributed by atoms with Crippen molar-refractivity contribution in [2.75, 3.05) is 6.61 Å². The van der Waals surface area contributed by atoms with Crippen molar-refractivity contribution >= 4 is 11.6 Å². The van der Waals surface area contributed by atoms with E-state index in [1.54, 1.807) is 0 Å². The van der Waals surface area contributed by atoms with Gasteiger partial charge in [-0.1, -0.05) is 19.3 Å². The van der Waals surface area contributed by atoms with Crippen molar-refractivity contribution in [3.05, 3.63) is 0 Å². The van der Waals surface area contributed by atoms with Crippen molar-refractivity contribution in [3.63, 3.8) is 0 Å². The Hall–Kier alpha value is -0.190. The van der Waals surface area contributed by atoms with Gasteiger partial charge in [-0.15, -0.1) is 17.5 Å². The minimum atomic E-state index is -0.0210. The second kappa shape index (κ2) is 6.29. The highest BCUT2D eigenvalue weighted by molar-refractivity contribution is 6.21. The number of rotatable bonds is 2. The Bertz CT molecular complexity index is 192. The van der Waals surface area contributed by atoms with Gasteiger partial charge in [0.2, 0.25) is 0 Å². The second-order valence-corrected chi connectivity index (χ2v) is 3.93. The van der Waals surface area contributed by atoms with Crippen molar-refractivity contribution in [3.8, 4) is 11.8 Å². The fourth-order valence-corrected chi connectivity index (χ4v) is 1.60. The first-order valence-corrected chi connectivity index (χ1v) is 5.52. The Kier molecular flexibility index (Phi) is 5.27. The SMILES string of the molecule is CCCCC#CC1OCCCC1Cl. The van der Waals surface area contributed by atoms with E-state index in [1.807, 2.05) is 0 Å². The van der Waals surface area contributed by atoms with E-state index in [1.165, 1.54) is 12.8 Å². The maximum absolute atomic E-state index is 6.07. The third-order valence-corrected chi connectivity index (χ3v) is 2.60. The molecule has 2 atom stereocenters. The fourth-order valence-electron chi connectivity index (χ4n) is 1.31. The number of unbranched alkanes of at least 4 members (excludes halogenated alkanes) is 2. The van der Waals surface area contributed by atoms with Crippen LogP contribution in [0.3, 0.4) is 0 Å². The molecule has 1 fully saturated rings. The van der Waals surface area contributed by atoms with Crippen LogP contribution >= 0.6 is 11.6 Å².